The molecule has 1 aliphatic carbocycles. The summed E-state index contributed by atoms with van der Waals surface area (Å²) < 4.78 is 35.1. The first-order valence-electron chi connectivity index (χ1n) is 7.55. The van der Waals surface area contributed by atoms with Gasteiger partial charge in [0.2, 0.25) is 0 Å². The first-order chi connectivity index (χ1) is 11.6. The Morgan fingerprint density at radius 2 is 1.88 bits per heavy atom. The van der Waals surface area contributed by atoms with Crippen molar-refractivity contribution < 1.29 is 23.0 Å². The van der Waals surface area contributed by atoms with E-state index in [1.807, 2.05) is 18.2 Å². The maximum absolute atomic E-state index is 12.7. The van der Waals surface area contributed by atoms with E-state index in [4.69, 9.17) is 4.74 Å². The molecule has 2 aromatic rings. The Balaban J connectivity index is 2.02. The number of benzene rings is 2. The smallest absolute Gasteiger partial charge is 0.387 e. The van der Waals surface area contributed by atoms with Crippen LogP contribution in [0.4, 0.5) is 8.78 Å². The maximum atomic E-state index is 12.7. The van der Waals surface area contributed by atoms with Crippen LogP contribution in [0.5, 0.6) is 11.5 Å². The molecule has 0 saturated carbocycles. The minimum atomic E-state index is -2.97. The molecule has 0 aromatic heterocycles. The van der Waals surface area contributed by atoms with Crippen molar-refractivity contribution in [2.75, 3.05) is 7.11 Å². The van der Waals surface area contributed by atoms with E-state index in [0.717, 1.165) is 12.0 Å². The van der Waals surface area contributed by atoms with Gasteiger partial charge in [-0.2, -0.15) is 8.78 Å². The van der Waals surface area contributed by atoms with Crippen molar-refractivity contribution in [2.45, 2.75) is 19.5 Å². The number of allylic oxidation sites excluding steroid dienone is 1. The quantitative estimate of drug-likeness (QED) is 0.774. The number of carbonyl (C=O) groups is 1. The molecule has 0 unspecified atom stereocenters. The number of carbonyl (C=O) groups excluding carboxylic acids is 1. The SMILES string of the molecule is COc1cccc(/C=C2\CCc3ccccc3C2=O)c1OC(F)F. The van der Waals surface area contributed by atoms with E-state index >= 15 is 0 Å². The zero-order chi connectivity index (χ0) is 17.1. The fraction of sp³-hybridized carbons (Fsp3) is 0.211. The van der Waals surface area contributed by atoms with Crippen LogP contribution < -0.4 is 9.47 Å². The normalized spacial score (nSPS) is 15.5. The molecule has 0 aliphatic heterocycles. The van der Waals surface area contributed by atoms with E-state index in [9.17, 15) is 13.6 Å². The largest absolute Gasteiger partial charge is 0.493 e. The van der Waals surface area contributed by atoms with Gasteiger partial charge in [0, 0.05) is 16.7 Å². The number of halogens is 2. The number of fused-ring (bicyclic) bond motifs is 1. The van der Waals surface area contributed by atoms with Crippen molar-refractivity contribution in [1.82, 2.24) is 0 Å². The standard InChI is InChI=1S/C19H16F2O3/c1-23-16-8-4-6-14(18(16)24-19(20)21)11-13-10-9-12-5-2-3-7-15(12)17(13)22/h2-8,11,19H,9-10H2,1H3/b13-11+. The number of para-hydroxylation sites is 1. The molecule has 24 heavy (non-hydrogen) atoms. The highest BCUT2D eigenvalue weighted by Gasteiger charge is 2.22. The van der Waals surface area contributed by atoms with Crippen LogP contribution in [-0.4, -0.2) is 19.5 Å². The maximum Gasteiger partial charge on any atom is 0.387 e. The lowest BCUT2D eigenvalue weighted by Gasteiger charge is -2.18. The monoisotopic (exact) mass is 330 g/mol. The Kier molecular flexibility index (Phi) is 4.60. The number of ketones is 1. The topological polar surface area (TPSA) is 35.5 Å². The van der Waals surface area contributed by atoms with Crippen LogP contribution in [0.25, 0.3) is 6.08 Å². The first-order valence-corrected chi connectivity index (χ1v) is 7.55. The van der Waals surface area contributed by atoms with Gasteiger partial charge < -0.3 is 9.47 Å². The van der Waals surface area contributed by atoms with Gasteiger partial charge in [-0.3, -0.25) is 4.79 Å². The van der Waals surface area contributed by atoms with Crippen LogP contribution in [0.15, 0.2) is 48.0 Å². The van der Waals surface area contributed by atoms with E-state index < -0.39 is 6.61 Å². The fourth-order valence-electron chi connectivity index (χ4n) is 2.86. The molecule has 1 aliphatic rings. The number of alkyl halides is 2. The molecular weight excluding hydrogens is 314 g/mol. The summed E-state index contributed by atoms with van der Waals surface area (Å²) in [5, 5.41) is 0. The Hall–Kier alpha value is -2.69. The summed E-state index contributed by atoms with van der Waals surface area (Å²) in [6.07, 6.45) is 2.91. The number of rotatable bonds is 4. The van der Waals surface area contributed by atoms with Gasteiger partial charge in [-0.25, -0.2) is 0 Å². The second kappa shape index (κ2) is 6.83. The van der Waals surface area contributed by atoms with Crippen molar-refractivity contribution in [3.8, 4) is 11.5 Å². The number of methoxy groups -OCH3 is 1. The number of aryl methyl sites for hydroxylation is 1. The summed E-state index contributed by atoms with van der Waals surface area (Å²) in [7, 11) is 1.38. The Morgan fingerprint density at radius 3 is 2.62 bits per heavy atom. The molecule has 0 atom stereocenters. The van der Waals surface area contributed by atoms with Crippen LogP contribution in [0.2, 0.25) is 0 Å². The first kappa shape index (κ1) is 16.2. The van der Waals surface area contributed by atoms with E-state index in [1.165, 1.54) is 13.2 Å². The van der Waals surface area contributed by atoms with Crippen LogP contribution in [-0.2, 0) is 6.42 Å². The van der Waals surface area contributed by atoms with Gasteiger partial charge in [-0.15, -0.1) is 0 Å². The van der Waals surface area contributed by atoms with E-state index in [1.54, 1.807) is 24.3 Å². The van der Waals surface area contributed by atoms with Gasteiger partial charge in [-0.1, -0.05) is 36.4 Å². The molecule has 3 nitrogen and oxygen atoms in total. The minimum Gasteiger partial charge on any atom is -0.493 e. The molecule has 0 heterocycles. The molecule has 0 amide bonds. The van der Waals surface area contributed by atoms with E-state index in [2.05, 4.69) is 4.74 Å². The van der Waals surface area contributed by atoms with Gasteiger partial charge in [0.05, 0.1) is 7.11 Å². The third kappa shape index (κ3) is 3.15. The molecule has 2 aromatic carbocycles. The second-order valence-corrected chi connectivity index (χ2v) is 5.41. The molecule has 3 rings (SSSR count). The van der Waals surface area contributed by atoms with Crippen molar-refractivity contribution in [3.63, 3.8) is 0 Å². The summed E-state index contributed by atoms with van der Waals surface area (Å²) in [5.74, 6) is 0.0603. The summed E-state index contributed by atoms with van der Waals surface area (Å²) >= 11 is 0. The molecule has 0 N–H and O–H groups in total. The molecule has 124 valence electrons. The summed E-state index contributed by atoms with van der Waals surface area (Å²) in [4.78, 5) is 12.6. The average molecular weight is 330 g/mol. The highest BCUT2D eigenvalue weighted by molar-refractivity contribution is 6.13. The Bertz CT molecular complexity index is 797. The third-order valence-electron chi connectivity index (χ3n) is 3.98. The summed E-state index contributed by atoms with van der Waals surface area (Å²) in [6, 6.07) is 12.3. The van der Waals surface area contributed by atoms with Crippen molar-refractivity contribution >= 4 is 11.9 Å². The number of hydrogen-bond donors (Lipinski definition) is 0. The van der Waals surface area contributed by atoms with Gasteiger partial charge in [0.15, 0.2) is 17.3 Å². The predicted molar refractivity (Wildman–Crippen MR) is 86.7 cm³/mol. The fourth-order valence-corrected chi connectivity index (χ4v) is 2.86. The van der Waals surface area contributed by atoms with E-state index in [0.29, 0.717) is 23.1 Å². The lowest BCUT2D eigenvalue weighted by molar-refractivity contribution is -0.0513. The lowest BCUT2D eigenvalue weighted by atomic mass is 9.86. The van der Waals surface area contributed by atoms with Crippen LogP contribution >= 0.6 is 0 Å². The zero-order valence-corrected chi connectivity index (χ0v) is 13.1. The van der Waals surface area contributed by atoms with Crippen LogP contribution in [0, 0.1) is 0 Å². The molecule has 0 fully saturated rings. The van der Waals surface area contributed by atoms with Gasteiger partial charge >= 0.3 is 6.61 Å². The number of Topliss-reactive ketones (excluding diaryl/α,β-unsaturated/α-hetero) is 1. The Labute approximate surface area is 138 Å². The van der Waals surface area contributed by atoms with Gasteiger partial charge in [0.1, 0.15) is 0 Å². The van der Waals surface area contributed by atoms with Crippen molar-refractivity contribution in [1.29, 1.82) is 0 Å². The van der Waals surface area contributed by atoms with Crippen LogP contribution in [0.3, 0.4) is 0 Å². The Morgan fingerprint density at radius 1 is 1.08 bits per heavy atom. The average Bonchev–Trinajstić information content (AvgIpc) is 2.58. The zero-order valence-electron chi connectivity index (χ0n) is 13.1. The molecule has 0 spiro atoms. The third-order valence-corrected chi connectivity index (χ3v) is 3.98. The highest BCUT2D eigenvalue weighted by Crippen LogP contribution is 2.35. The van der Waals surface area contributed by atoms with E-state index in [-0.39, 0.29) is 17.3 Å². The minimum absolute atomic E-state index is 0.0610. The van der Waals surface area contributed by atoms with Crippen molar-refractivity contribution in [2.24, 2.45) is 0 Å². The second-order valence-electron chi connectivity index (χ2n) is 5.41. The predicted octanol–water partition coefficient (Wildman–Crippen LogP) is 4.51. The molecule has 0 bridgehead atoms. The summed E-state index contributed by atoms with van der Waals surface area (Å²) in [6.45, 7) is -2.97. The van der Waals surface area contributed by atoms with Gasteiger partial charge in [0.25, 0.3) is 0 Å². The number of hydrogen-bond acceptors (Lipinski definition) is 3. The molecule has 0 radical (unpaired) electrons. The lowest BCUT2D eigenvalue weighted by Crippen LogP contribution is -2.14. The van der Waals surface area contributed by atoms with Crippen molar-refractivity contribution in [3.05, 3.63) is 64.7 Å². The molecular formula is C19H16F2O3. The number of ether oxygens (including phenoxy) is 2. The molecule has 0 saturated heterocycles. The highest BCUT2D eigenvalue weighted by atomic mass is 19.3. The van der Waals surface area contributed by atoms with Crippen LogP contribution in [0.1, 0.15) is 27.9 Å². The van der Waals surface area contributed by atoms with Gasteiger partial charge in [-0.05, 0) is 30.5 Å². The molecule has 5 heteroatoms. The summed E-state index contributed by atoms with van der Waals surface area (Å²) in [5.41, 5.74) is 2.64.